The number of benzene rings is 1. The molecule has 0 aromatic heterocycles. The smallest absolute Gasteiger partial charge is 0.194 e. The molecular formula is C21H35IN4OS. The fraction of sp³-hybridized carbons (Fsp3) is 0.667. The molecule has 0 saturated carbocycles. The van der Waals surface area contributed by atoms with Crippen LogP contribution in [0.15, 0.2) is 29.3 Å². The molecule has 2 aliphatic heterocycles. The monoisotopic (exact) mass is 518 g/mol. The highest BCUT2D eigenvalue weighted by Gasteiger charge is 2.28. The average molecular weight is 519 g/mol. The minimum absolute atomic E-state index is 0. The summed E-state index contributed by atoms with van der Waals surface area (Å²) in [6.45, 7) is 15.3. The van der Waals surface area contributed by atoms with E-state index in [4.69, 9.17) is 9.73 Å². The second kappa shape index (κ2) is 11.6. The summed E-state index contributed by atoms with van der Waals surface area (Å²) in [5.74, 6) is 2.20. The first kappa shape index (κ1) is 23.8. The number of thioether (sulfide) groups is 1. The standard InChI is InChI=1S/C21H34N4OS.HI/c1-4-22-20(25-10-13-27-21(2,3)17-25)23-15-18-6-5-7-19(14-18)16-24-8-11-26-12-9-24;/h5-7,14H,4,8-13,15-17H2,1-3H3,(H,22,23);1H. The average Bonchev–Trinajstić information content (AvgIpc) is 2.65. The van der Waals surface area contributed by atoms with Gasteiger partial charge in [-0.1, -0.05) is 24.3 Å². The highest BCUT2D eigenvalue weighted by Crippen LogP contribution is 2.29. The van der Waals surface area contributed by atoms with Crippen LogP contribution >= 0.6 is 35.7 Å². The predicted octanol–water partition coefficient (Wildman–Crippen LogP) is 3.43. The number of guanidine groups is 1. The molecule has 5 nitrogen and oxygen atoms in total. The molecule has 2 heterocycles. The molecule has 28 heavy (non-hydrogen) atoms. The van der Waals surface area contributed by atoms with Gasteiger partial charge in [-0.3, -0.25) is 4.90 Å². The second-order valence-corrected chi connectivity index (χ2v) is 9.71. The number of halogens is 1. The van der Waals surface area contributed by atoms with Crippen molar-refractivity contribution < 1.29 is 4.74 Å². The number of morpholine rings is 1. The van der Waals surface area contributed by atoms with Gasteiger partial charge in [-0.25, -0.2) is 4.99 Å². The molecule has 0 bridgehead atoms. The third-order valence-electron chi connectivity index (χ3n) is 4.97. The van der Waals surface area contributed by atoms with Crippen molar-refractivity contribution >= 4 is 41.7 Å². The van der Waals surface area contributed by atoms with Crippen LogP contribution in [-0.4, -0.2) is 72.2 Å². The van der Waals surface area contributed by atoms with Crippen molar-refractivity contribution in [3.05, 3.63) is 35.4 Å². The van der Waals surface area contributed by atoms with Crippen molar-refractivity contribution in [3.63, 3.8) is 0 Å². The molecule has 0 aliphatic carbocycles. The van der Waals surface area contributed by atoms with Gasteiger partial charge >= 0.3 is 0 Å². The number of nitrogens with zero attached hydrogens (tertiary/aromatic N) is 3. The second-order valence-electron chi connectivity index (χ2n) is 7.91. The quantitative estimate of drug-likeness (QED) is 0.368. The van der Waals surface area contributed by atoms with Gasteiger partial charge in [0.05, 0.1) is 19.8 Å². The van der Waals surface area contributed by atoms with Crippen LogP contribution in [0.3, 0.4) is 0 Å². The van der Waals surface area contributed by atoms with Crippen LogP contribution < -0.4 is 5.32 Å². The number of aliphatic imine (C=N–C) groups is 1. The SMILES string of the molecule is CCNC(=NCc1cccc(CN2CCOCC2)c1)N1CCSC(C)(C)C1.I. The van der Waals surface area contributed by atoms with Crippen LogP contribution in [0.5, 0.6) is 0 Å². The maximum Gasteiger partial charge on any atom is 0.194 e. The van der Waals surface area contributed by atoms with Gasteiger partial charge in [0.2, 0.25) is 0 Å². The molecule has 1 aromatic carbocycles. The number of nitrogens with one attached hydrogen (secondary N) is 1. The lowest BCUT2D eigenvalue weighted by atomic mass is 10.1. The Labute approximate surface area is 191 Å². The Bertz CT molecular complexity index is 635. The number of ether oxygens (including phenoxy) is 1. The van der Waals surface area contributed by atoms with Crippen molar-refractivity contribution in [1.29, 1.82) is 0 Å². The molecule has 2 saturated heterocycles. The van der Waals surface area contributed by atoms with Crippen molar-refractivity contribution in [3.8, 4) is 0 Å². The first-order chi connectivity index (χ1) is 13.1. The minimum atomic E-state index is 0. The summed E-state index contributed by atoms with van der Waals surface area (Å²) in [7, 11) is 0. The molecule has 1 aromatic rings. The van der Waals surface area contributed by atoms with Crippen LogP contribution in [0, 0.1) is 0 Å². The van der Waals surface area contributed by atoms with Crippen LogP contribution in [-0.2, 0) is 17.8 Å². The zero-order chi connectivity index (χ0) is 19.1. The van der Waals surface area contributed by atoms with Gasteiger partial charge in [0, 0.05) is 49.8 Å². The molecule has 158 valence electrons. The van der Waals surface area contributed by atoms with Gasteiger partial charge in [0.1, 0.15) is 0 Å². The molecule has 2 aliphatic rings. The number of rotatable bonds is 5. The maximum absolute atomic E-state index is 5.45. The van der Waals surface area contributed by atoms with Crippen molar-refractivity contribution in [2.75, 3.05) is 51.7 Å². The predicted molar refractivity (Wildman–Crippen MR) is 131 cm³/mol. The zero-order valence-corrected chi connectivity index (χ0v) is 20.6. The summed E-state index contributed by atoms with van der Waals surface area (Å²) in [4.78, 5) is 9.83. The van der Waals surface area contributed by atoms with Crippen LogP contribution in [0.1, 0.15) is 31.9 Å². The van der Waals surface area contributed by atoms with Gasteiger partial charge in [0.15, 0.2) is 5.96 Å². The summed E-state index contributed by atoms with van der Waals surface area (Å²) >= 11 is 2.05. The van der Waals surface area contributed by atoms with Gasteiger partial charge in [-0.05, 0) is 31.9 Å². The number of hydrogen-bond acceptors (Lipinski definition) is 4. The Balaban J connectivity index is 0.00000280. The van der Waals surface area contributed by atoms with Crippen molar-refractivity contribution in [2.45, 2.75) is 38.6 Å². The van der Waals surface area contributed by atoms with Crippen molar-refractivity contribution in [1.82, 2.24) is 15.1 Å². The largest absolute Gasteiger partial charge is 0.379 e. The molecule has 3 rings (SSSR count). The van der Waals surface area contributed by atoms with Crippen LogP contribution in [0.25, 0.3) is 0 Å². The Morgan fingerprint density at radius 2 is 1.96 bits per heavy atom. The Morgan fingerprint density at radius 3 is 2.68 bits per heavy atom. The van der Waals surface area contributed by atoms with E-state index in [1.165, 1.54) is 11.1 Å². The molecule has 0 atom stereocenters. The lowest BCUT2D eigenvalue weighted by Crippen LogP contribution is -2.50. The third-order valence-corrected chi connectivity index (χ3v) is 6.27. The minimum Gasteiger partial charge on any atom is -0.379 e. The Morgan fingerprint density at radius 1 is 1.21 bits per heavy atom. The van der Waals surface area contributed by atoms with Crippen molar-refractivity contribution in [2.24, 2.45) is 4.99 Å². The van der Waals surface area contributed by atoms with Gasteiger partial charge in [-0.2, -0.15) is 11.8 Å². The highest BCUT2D eigenvalue weighted by molar-refractivity contribution is 14.0. The Hall–Kier alpha value is -0.510. The third kappa shape index (κ3) is 7.39. The molecule has 0 amide bonds. The van der Waals surface area contributed by atoms with E-state index < -0.39 is 0 Å². The fourth-order valence-electron chi connectivity index (χ4n) is 3.63. The van der Waals surface area contributed by atoms with E-state index >= 15 is 0 Å². The lowest BCUT2D eigenvalue weighted by molar-refractivity contribution is 0.0342. The summed E-state index contributed by atoms with van der Waals surface area (Å²) in [5.41, 5.74) is 2.65. The molecule has 1 N–H and O–H groups in total. The fourth-order valence-corrected chi connectivity index (χ4v) is 4.74. The van der Waals surface area contributed by atoms with Gasteiger partial charge in [0.25, 0.3) is 0 Å². The molecule has 7 heteroatoms. The summed E-state index contributed by atoms with van der Waals surface area (Å²) in [6.07, 6.45) is 0. The van der Waals surface area contributed by atoms with E-state index in [-0.39, 0.29) is 28.7 Å². The zero-order valence-electron chi connectivity index (χ0n) is 17.4. The molecule has 0 spiro atoms. The summed E-state index contributed by atoms with van der Waals surface area (Å²) in [5, 5.41) is 3.49. The van der Waals surface area contributed by atoms with E-state index in [1.54, 1.807) is 0 Å². The van der Waals surface area contributed by atoms with E-state index in [1.807, 2.05) is 0 Å². The van der Waals surface area contributed by atoms with E-state index in [0.29, 0.717) is 0 Å². The maximum atomic E-state index is 5.45. The topological polar surface area (TPSA) is 40.1 Å². The molecular weight excluding hydrogens is 483 g/mol. The number of hydrogen-bond donors (Lipinski definition) is 1. The molecule has 0 unspecified atom stereocenters. The van der Waals surface area contributed by atoms with Crippen LogP contribution in [0.4, 0.5) is 0 Å². The normalized spacial score (nSPS) is 20.5. The molecule has 2 fully saturated rings. The van der Waals surface area contributed by atoms with Gasteiger partial charge < -0.3 is 15.0 Å². The van der Waals surface area contributed by atoms with Gasteiger partial charge in [-0.15, -0.1) is 24.0 Å². The van der Waals surface area contributed by atoms with Crippen LogP contribution in [0.2, 0.25) is 0 Å². The first-order valence-corrected chi connectivity index (χ1v) is 11.1. The Kier molecular flexibility index (Phi) is 9.86. The lowest BCUT2D eigenvalue weighted by Gasteiger charge is -2.39. The highest BCUT2D eigenvalue weighted by atomic mass is 127. The summed E-state index contributed by atoms with van der Waals surface area (Å²) in [6, 6.07) is 8.87. The molecule has 0 radical (unpaired) electrons. The van der Waals surface area contributed by atoms with E-state index in [9.17, 15) is 0 Å². The van der Waals surface area contributed by atoms with E-state index in [2.05, 4.69) is 71.9 Å². The summed E-state index contributed by atoms with van der Waals surface area (Å²) < 4.78 is 5.73. The first-order valence-electron chi connectivity index (χ1n) is 10.1. The van der Waals surface area contributed by atoms with E-state index in [0.717, 1.165) is 70.7 Å².